The molecule has 186 valence electrons. The van der Waals surface area contributed by atoms with Crippen molar-refractivity contribution in [3.63, 3.8) is 0 Å². The van der Waals surface area contributed by atoms with Crippen molar-refractivity contribution in [1.82, 2.24) is 0 Å². The van der Waals surface area contributed by atoms with Gasteiger partial charge in [0.05, 0.1) is 5.56 Å². The number of hydrogen-bond donors (Lipinski definition) is 0. The molecule has 0 saturated heterocycles. The highest BCUT2D eigenvalue weighted by Gasteiger charge is 2.42. The smallest absolute Gasteiger partial charge is 0.181 e. The van der Waals surface area contributed by atoms with Gasteiger partial charge in [-0.1, -0.05) is 60.7 Å². The van der Waals surface area contributed by atoms with Gasteiger partial charge in [0.2, 0.25) is 0 Å². The number of carbonyl (C=O) groups is 1. The first-order valence-electron chi connectivity index (χ1n) is 12.6. The number of furan rings is 1. The van der Waals surface area contributed by atoms with E-state index < -0.39 is 11.4 Å². The van der Waals surface area contributed by atoms with E-state index >= 15 is 4.39 Å². The van der Waals surface area contributed by atoms with Crippen molar-refractivity contribution in [2.45, 2.75) is 5.60 Å². The van der Waals surface area contributed by atoms with Crippen LogP contribution in [0.25, 0.3) is 34.1 Å². The zero-order valence-corrected chi connectivity index (χ0v) is 20.5. The van der Waals surface area contributed by atoms with Crippen LogP contribution < -0.4 is 19.9 Å². The molecule has 0 radical (unpaired) electrons. The van der Waals surface area contributed by atoms with Crippen molar-refractivity contribution < 1.29 is 23.1 Å². The van der Waals surface area contributed by atoms with E-state index in [4.69, 9.17) is 13.9 Å². The van der Waals surface area contributed by atoms with Crippen molar-refractivity contribution in [3.8, 4) is 17.2 Å². The van der Waals surface area contributed by atoms with Crippen LogP contribution in [0.2, 0.25) is 0 Å². The van der Waals surface area contributed by atoms with Gasteiger partial charge in [-0.2, -0.15) is 0 Å². The predicted octanol–water partition coefficient (Wildman–Crippen LogP) is 6.59. The molecule has 8 rings (SSSR count). The summed E-state index contributed by atoms with van der Waals surface area (Å²) in [5.41, 5.74) is 2.46. The fourth-order valence-electron chi connectivity index (χ4n) is 5.79. The molecule has 0 saturated carbocycles. The maximum atomic E-state index is 15.5. The lowest BCUT2D eigenvalue weighted by atomic mass is 9.85. The van der Waals surface area contributed by atoms with E-state index in [0.29, 0.717) is 44.4 Å². The highest BCUT2D eigenvalue weighted by molar-refractivity contribution is 6.05. The SMILES string of the molecule is O=Cc1c2c(cc3c1=Cc1ccccc1O3)=CC(c1ccc3oc4ccccc4c3c1)(c1ccccc1F)O2. The average Bonchev–Trinajstić information content (AvgIpc) is 3.54. The Bertz CT molecular complexity index is 2120. The second-order valence-corrected chi connectivity index (χ2v) is 9.79. The Morgan fingerprint density at radius 1 is 0.769 bits per heavy atom. The van der Waals surface area contributed by atoms with Gasteiger partial charge in [0.25, 0.3) is 0 Å². The molecule has 2 aliphatic rings. The van der Waals surface area contributed by atoms with Crippen LogP contribution in [0.1, 0.15) is 27.0 Å². The van der Waals surface area contributed by atoms with E-state index in [-0.39, 0.29) is 0 Å². The van der Waals surface area contributed by atoms with Crippen molar-refractivity contribution in [1.29, 1.82) is 0 Å². The number of halogens is 1. The molecule has 3 heterocycles. The highest BCUT2D eigenvalue weighted by Crippen LogP contribution is 2.43. The Labute approximate surface area is 221 Å². The number of hydrogen-bond acceptors (Lipinski definition) is 4. The number of fused-ring (bicyclic) bond motifs is 6. The maximum Gasteiger partial charge on any atom is 0.181 e. The second kappa shape index (κ2) is 7.92. The molecule has 1 unspecified atom stereocenters. The molecule has 0 fully saturated rings. The van der Waals surface area contributed by atoms with Crippen LogP contribution in [-0.2, 0) is 5.60 Å². The lowest BCUT2D eigenvalue weighted by molar-refractivity contribution is 0.111. The van der Waals surface area contributed by atoms with Crippen molar-refractivity contribution in [2.75, 3.05) is 0 Å². The summed E-state index contributed by atoms with van der Waals surface area (Å²) >= 11 is 0. The van der Waals surface area contributed by atoms with E-state index in [0.717, 1.165) is 33.8 Å². The topological polar surface area (TPSA) is 48.7 Å². The van der Waals surface area contributed by atoms with Crippen LogP contribution in [0.5, 0.6) is 17.2 Å². The van der Waals surface area contributed by atoms with Crippen LogP contribution >= 0.6 is 0 Å². The summed E-state index contributed by atoms with van der Waals surface area (Å²) < 4.78 is 34.5. The maximum absolute atomic E-state index is 15.5. The normalized spacial score (nSPS) is 16.8. The van der Waals surface area contributed by atoms with Gasteiger partial charge in [0.15, 0.2) is 11.9 Å². The molecular weight excluding hydrogens is 491 g/mol. The Morgan fingerprint density at radius 2 is 1.56 bits per heavy atom. The van der Waals surface area contributed by atoms with Gasteiger partial charge in [-0.15, -0.1) is 0 Å². The largest absolute Gasteiger partial charge is 0.472 e. The molecule has 5 aromatic carbocycles. The van der Waals surface area contributed by atoms with E-state index in [1.54, 1.807) is 18.2 Å². The van der Waals surface area contributed by atoms with E-state index in [9.17, 15) is 4.79 Å². The van der Waals surface area contributed by atoms with E-state index in [1.807, 2.05) is 84.9 Å². The number of carbonyl (C=O) groups excluding carboxylic acids is 1. The Kier molecular flexibility index (Phi) is 4.44. The number of para-hydroxylation sites is 2. The zero-order valence-electron chi connectivity index (χ0n) is 20.5. The quantitative estimate of drug-likeness (QED) is 0.252. The summed E-state index contributed by atoms with van der Waals surface area (Å²) in [7, 11) is 0. The van der Waals surface area contributed by atoms with Crippen molar-refractivity contribution in [3.05, 3.63) is 136 Å². The molecule has 0 bridgehead atoms. The van der Waals surface area contributed by atoms with Gasteiger partial charge in [-0.3, -0.25) is 4.79 Å². The van der Waals surface area contributed by atoms with Crippen molar-refractivity contribution >= 4 is 40.4 Å². The summed E-state index contributed by atoms with van der Waals surface area (Å²) in [6, 6.07) is 29.6. The van der Waals surface area contributed by atoms with Crippen molar-refractivity contribution in [2.24, 2.45) is 0 Å². The first kappa shape index (κ1) is 21.9. The summed E-state index contributed by atoms with van der Waals surface area (Å²) in [4.78, 5) is 12.5. The van der Waals surface area contributed by atoms with Gasteiger partial charge in [0.1, 0.15) is 34.2 Å². The Hall–Kier alpha value is -5.16. The molecule has 0 aliphatic carbocycles. The van der Waals surface area contributed by atoms with E-state index in [1.165, 1.54) is 6.07 Å². The van der Waals surface area contributed by atoms with Crippen LogP contribution in [0.3, 0.4) is 0 Å². The van der Waals surface area contributed by atoms with Crippen LogP contribution in [0, 0.1) is 5.82 Å². The van der Waals surface area contributed by atoms with Gasteiger partial charge in [-0.05, 0) is 48.6 Å². The molecule has 6 aromatic rings. The van der Waals surface area contributed by atoms with Gasteiger partial charge < -0.3 is 13.9 Å². The molecule has 1 aromatic heterocycles. The van der Waals surface area contributed by atoms with Gasteiger partial charge in [0, 0.05) is 37.9 Å². The van der Waals surface area contributed by atoms with Crippen LogP contribution in [0.4, 0.5) is 4.39 Å². The summed E-state index contributed by atoms with van der Waals surface area (Å²) in [5.74, 6) is 1.24. The third-order valence-electron chi connectivity index (χ3n) is 7.61. The molecular formula is C34H19FO4. The first-order chi connectivity index (χ1) is 19.1. The molecule has 0 N–H and O–H groups in total. The summed E-state index contributed by atoms with van der Waals surface area (Å²) in [6.07, 6.45) is 4.58. The first-order valence-corrected chi connectivity index (χ1v) is 12.6. The zero-order chi connectivity index (χ0) is 26.1. The minimum absolute atomic E-state index is 0.344. The molecule has 1 atom stereocenters. The highest BCUT2D eigenvalue weighted by atomic mass is 19.1. The van der Waals surface area contributed by atoms with Gasteiger partial charge in [-0.25, -0.2) is 4.39 Å². The average molecular weight is 511 g/mol. The Balaban J connectivity index is 1.41. The Morgan fingerprint density at radius 3 is 2.46 bits per heavy atom. The lowest BCUT2D eigenvalue weighted by Crippen LogP contribution is -2.31. The molecule has 39 heavy (non-hydrogen) atoms. The molecule has 0 amide bonds. The predicted molar refractivity (Wildman–Crippen MR) is 147 cm³/mol. The fourth-order valence-corrected chi connectivity index (χ4v) is 5.79. The lowest BCUT2D eigenvalue weighted by Gasteiger charge is -2.30. The number of rotatable bonds is 3. The molecule has 0 spiro atoms. The number of ether oxygens (including phenoxy) is 2. The van der Waals surface area contributed by atoms with Crippen LogP contribution in [0.15, 0.2) is 101 Å². The van der Waals surface area contributed by atoms with Crippen LogP contribution in [-0.4, -0.2) is 6.29 Å². The van der Waals surface area contributed by atoms with Gasteiger partial charge >= 0.3 is 0 Å². The minimum Gasteiger partial charge on any atom is -0.472 e. The number of aldehydes is 1. The summed E-state index contributed by atoms with van der Waals surface area (Å²) in [6.45, 7) is 0. The second-order valence-electron chi connectivity index (χ2n) is 9.79. The fraction of sp³-hybridized carbons (Fsp3) is 0.0294. The third-order valence-corrected chi connectivity index (χ3v) is 7.61. The minimum atomic E-state index is -1.32. The monoisotopic (exact) mass is 510 g/mol. The molecule has 5 heteroatoms. The third kappa shape index (κ3) is 3.07. The molecule has 4 nitrogen and oxygen atoms in total. The number of benzene rings is 5. The standard InChI is InChI=1S/C34H19FO4/c35-28-10-4-3-9-27(28)34(22-13-14-31-25(17-22)23-8-2-6-12-30(23)38-31)18-21-16-32-24(26(19-36)33(21)39-34)15-20-7-1-5-11-29(20)37-32/h1-19H. The summed E-state index contributed by atoms with van der Waals surface area (Å²) in [5, 5.41) is 3.15. The van der Waals surface area contributed by atoms with E-state index in [2.05, 4.69) is 0 Å². The molecule has 2 aliphatic heterocycles.